The van der Waals surface area contributed by atoms with E-state index in [0.717, 1.165) is 30.8 Å². The number of aryl methyl sites for hydroxylation is 2. The van der Waals surface area contributed by atoms with E-state index < -0.39 is 5.67 Å². The summed E-state index contributed by atoms with van der Waals surface area (Å²) in [5.74, 6) is 0.165. The van der Waals surface area contributed by atoms with E-state index in [1.54, 1.807) is 0 Å². The zero-order valence-electron chi connectivity index (χ0n) is 10.0. The van der Waals surface area contributed by atoms with Gasteiger partial charge in [-0.25, -0.2) is 4.39 Å². The molecule has 0 saturated heterocycles. The summed E-state index contributed by atoms with van der Waals surface area (Å²) in [5, 5.41) is 4.34. The minimum atomic E-state index is -1.22. The van der Waals surface area contributed by atoms with E-state index >= 15 is 0 Å². The first-order valence-corrected chi connectivity index (χ1v) is 6.01. The van der Waals surface area contributed by atoms with Crippen LogP contribution in [-0.2, 0) is 13.0 Å². The first kappa shape index (κ1) is 11.6. The van der Waals surface area contributed by atoms with E-state index in [4.69, 9.17) is 5.73 Å². The fourth-order valence-corrected chi connectivity index (χ4v) is 2.30. The van der Waals surface area contributed by atoms with Gasteiger partial charge in [0.2, 0.25) is 0 Å². The van der Waals surface area contributed by atoms with Crippen LogP contribution < -0.4 is 5.73 Å². The molecule has 0 radical (unpaired) electrons. The van der Waals surface area contributed by atoms with Crippen molar-refractivity contribution in [1.82, 2.24) is 9.78 Å². The number of hydrogen-bond acceptors (Lipinski definition) is 2. The second-order valence-corrected chi connectivity index (χ2v) is 4.78. The van der Waals surface area contributed by atoms with Gasteiger partial charge in [-0.3, -0.25) is 4.68 Å². The smallest absolute Gasteiger partial charge is 0.131 e. The van der Waals surface area contributed by atoms with Crippen LogP contribution in [0, 0.1) is 12.8 Å². The van der Waals surface area contributed by atoms with Crippen LogP contribution in [0.25, 0.3) is 0 Å². The fraction of sp³-hybridized carbons (Fsp3) is 0.750. The number of hydrogen-bond donors (Lipinski definition) is 1. The molecule has 1 aliphatic rings. The van der Waals surface area contributed by atoms with Gasteiger partial charge in [-0.2, -0.15) is 5.10 Å². The van der Waals surface area contributed by atoms with Crippen molar-refractivity contribution in [1.29, 1.82) is 0 Å². The van der Waals surface area contributed by atoms with Gasteiger partial charge in [0.15, 0.2) is 0 Å². The Kier molecular flexibility index (Phi) is 3.02. The lowest BCUT2D eigenvalue weighted by Crippen LogP contribution is -2.38. The van der Waals surface area contributed by atoms with Crippen LogP contribution >= 0.6 is 0 Å². The van der Waals surface area contributed by atoms with E-state index in [1.165, 1.54) is 0 Å². The van der Waals surface area contributed by atoms with Crippen LogP contribution in [0.1, 0.15) is 31.2 Å². The summed E-state index contributed by atoms with van der Waals surface area (Å²) in [4.78, 5) is 0. The van der Waals surface area contributed by atoms with Crippen molar-refractivity contribution in [3.05, 3.63) is 17.5 Å². The average Bonchev–Trinajstić information content (AvgIpc) is 3.05. The summed E-state index contributed by atoms with van der Waals surface area (Å²) in [5.41, 5.74) is 6.29. The molecule has 0 bridgehead atoms. The first-order valence-electron chi connectivity index (χ1n) is 6.01. The topological polar surface area (TPSA) is 43.8 Å². The van der Waals surface area contributed by atoms with Crippen molar-refractivity contribution in [2.24, 2.45) is 11.7 Å². The number of halogens is 1. The van der Waals surface area contributed by atoms with Crippen molar-refractivity contribution < 1.29 is 4.39 Å². The number of nitrogens with two attached hydrogens (primary N) is 1. The lowest BCUT2D eigenvalue weighted by molar-refractivity contribution is 0.139. The molecule has 1 aromatic heterocycles. The summed E-state index contributed by atoms with van der Waals surface area (Å²) < 4.78 is 16.4. The predicted molar refractivity (Wildman–Crippen MR) is 62.0 cm³/mol. The van der Waals surface area contributed by atoms with E-state index in [0.29, 0.717) is 6.42 Å². The Morgan fingerprint density at radius 1 is 1.62 bits per heavy atom. The van der Waals surface area contributed by atoms with Gasteiger partial charge in [0, 0.05) is 25.2 Å². The molecule has 1 saturated carbocycles. The minimum Gasteiger partial charge on any atom is -0.328 e. The molecule has 1 heterocycles. The number of aromatic nitrogens is 2. The molecule has 1 atom stereocenters. The molecule has 16 heavy (non-hydrogen) atoms. The second kappa shape index (κ2) is 4.17. The lowest BCUT2D eigenvalue weighted by atomic mass is 9.94. The highest BCUT2D eigenvalue weighted by Gasteiger charge is 2.45. The van der Waals surface area contributed by atoms with Crippen LogP contribution in [0.3, 0.4) is 0 Å². The summed E-state index contributed by atoms with van der Waals surface area (Å²) in [6.45, 7) is 4.87. The van der Waals surface area contributed by atoms with Crippen LogP contribution in [0.5, 0.6) is 0 Å². The van der Waals surface area contributed by atoms with E-state index in [2.05, 4.69) is 5.10 Å². The minimum absolute atomic E-state index is 0.117. The highest BCUT2D eigenvalue weighted by Crippen LogP contribution is 2.43. The number of rotatable bonds is 5. The highest BCUT2D eigenvalue weighted by molar-refractivity contribution is 5.14. The summed E-state index contributed by atoms with van der Waals surface area (Å²) in [6.07, 6.45) is 2.36. The molecular weight excluding hydrogens is 205 g/mol. The monoisotopic (exact) mass is 225 g/mol. The van der Waals surface area contributed by atoms with E-state index in [9.17, 15) is 4.39 Å². The Bertz CT molecular complexity index is 370. The molecule has 0 aromatic carbocycles. The molecule has 2 rings (SSSR count). The van der Waals surface area contributed by atoms with Gasteiger partial charge in [0.05, 0.1) is 5.69 Å². The van der Waals surface area contributed by atoms with E-state index in [1.807, 2.05) is 24.6 Å². The highest BCUT2D eigenvalue weighted by atomic mass is 19.1. The van der Waals surface area contributed by atoms with E-state index in [-0.39, 0.29) is 12.5 Å². The standard InChI is InChI=1S/C12H20FN3/c1-3-16-11(6-9(2)15-16)7-12(13,8-14)10-4-5-10/h6,10H,3-5,7-8,14H2,1-2H3. The Morgan fingerprint density at radius 3 is 2.81 bits per heavy atom. The Hall–Kier alpha value is -0.900. The maximum absolute atomic E-state index is 14.6. The summed E-state index contributed by atoms with van der Waals surface area (Å²) in [6, 6.07) is 1.97. The van der Waals surface area contributed by atoms with Crippen molar-refractivity contribution in [2.75, 3.05) is 6.54 Å². The number of alkyl halides is 1. The molecule has 90 valence electrons. The quantitative estimate of drug-likeness (QED) is 0.831. The zero-order chi connectivity index (χ0) is 11.8. The molecule has 0 spiro atoms. The average molecular weight is 225 g/mol. The zero-order valence-corrected chi connectivity index (χ0v) is 10.0. The largest absolute Gasteiger partial charge is 0.328 e. The van der Waals surface area contributed by atoms with Crippen LogP contribution in [0.15, 0.2) is 6.07 Å². The molecule has 0 amide bonds. The Labute approximate surface area is 95.8 Å². The van der Waals surface area contributed by atoms with Crippen molar-refractivity contribution in [3.63, 3.8) is 0 Å². The maximum Gasteiger partial charge on any atom is 0.131 e. The van der Waals surface area contributed by atoms with Gasteiger partial charge >= 0.3 is 0 Å². The first-order chi connectivity index (χ1) is 7.59. The van der Waals surface area contributed by atoms with Crippen molar-refractivity contribution >= 4 is 0 Å². The van der Waals surface area contributed by atoms with Crippen LogP contribution in [0.2, 0.25) is 0 Å². The third-order valence-electron chi connectivity index (χ3n) is 3.41. The van der Waals surface area contributed by atoms with Gasteiger partial charge in [-0.1, -0.05) is 0 Å². The van der Waals surface area contributed by atoms with Gasteiger partial charge in [-0.05, 0) is 38.7 Å². The molecule has 0 aliphatic heterocycles. The molecule has 1 unspecified atom stereocenters. The molecule has 1 aliphatic carbocycles. The SMILES string of the molecule is CCn1nc(C)cc1CC(F)(CN)C1CC1. The van der Waals surface area contributed by atoms with Gasteiger partial charge in [0.1, 0.15) is 5.67 Å². The van der Waals surface area contributed by atoms with Crippen molar-refractivity contribution in [2.45, 2.75) is 45.3 Å². The Balaban J connectivity index is 2.17. The normalized spacial score (nSPS) is 19.8. The molecule has 4 heteroatoms. The summed E-state index contributed by atoms with van der Waals surface area (Å²) >= 11 is 0. The van der Waals surface area contributed by atoms with Crippen LogP contribution in [-0.4, -0.2) is 22.0 Å². The number of nitrogens with zero attached hydrogens (tertiary/aromatic N) is 2. The second-order valence-electron chi connectivity index (χ2n) is 4.78. The van der Waals surface area contributed by atoms with Gasteiger partial charge in [-0.15, -0.1) is 0 Å². The maximum atomic E-state index is 14.6. The molecule has 2 N–H and O–H groups in total. The predicted octanol–water partition coefficient (Wildman–Crippen LogP) is 1.83. The lowest BCUT2D eigenvalue weighted by Gasteiger charge is -2.23. The van der Waals surface area contributed by atoms with Crippen molar-refractivity contribution in [3.8, 4) is 0 Å². The third-order valence-corrected chi connectivity index (χ3v) is 3.41. The Morgan fingerprint density at radius 2 is 2.31 bits per heavy atom. The van der Waals surface area contributed by atoms with Gasteiger partial charge in [0.25, 0.3) is 0 Å². The fourth-order valence-electron chi connectivity index (χ4n) is 2.30. The third kappa shape index (κ3) is 2.12. The molecule has 3 nitrogen and oxygen atoms in total. The molecule has 1 aromatic rings. The summed E-state index contributed by atoms with van der Waals surface area (Å²) in [7, 11) is 0. The van der Waals surface area contributed by atoms with Crippen LogP contribution in [0.4, 0.5) is 4.39 Å². The molecular formula is C12H20FN3. The van der Waals surface area contributed by atoms with Gasteiger partial charge < -0.3 is 5.73 Å². The molecule has 1 fully saturated rings.